The van der Waals surface area contributed by atoms with Crippen LogP contribution in [-0.2, 0) is 14.3 Å². The lowest BCUT2D eigenvalue weighted by Gasteiger charge is -2.32. The Morgan fingerprint density at radius 2 is 1.83 bits per heavy atom. The van der Waals surface area contributed by atoms with E-state index in [1.54, 1.807) is 24.3 Å². The van der Waals surface area contributed by atoms with Crippen LogP contribution in [0.2, 0.25) is 0 Å². The monoisotopic (exact) mass is 343 g/mol. The van der Waals surface area contributed by atoms with Gasteiger partial charge in [0.2, 0.25) is 5.91 Å². The van der Waals surface area contributed by atoms with Gasteiger partial charge in [-0.2, -0.15) is 13.2 Å². The Labute approximate surface area is 138 Å². The second-order valence-corrected chi connectivity index (χ2v) is 6.23. The lowest BCUT2D eigenvalue weighted by Crippen LogP contribution is -2.39. The Morgan fingerprint density at radius 1 is 1.12 bits per heavy atom. The minimum Gasteiger partial charge on any atom is -0.346 e. The molecular weight excluding hydrogens is 323 g/mol. The van der Waals surface area contributed by atoms with E-state index in [-0.39, 0.29) is 12.8 Å². The Bertz CT molecular complexity index is 585. The van der Waals surface area contributed by atoms with E-state index in [2.05, 4.69) is 5.32 Å². The number of benzene rings is 1. The quantitative estimate of drug-likeness (QED) is 0.901. The van der Waals surface area contributed by atoms with Crippen molar-refractivity contribution in [2.24, 2.45) is 11.8 Å². The molecule has 0 radical (unpaired) electrons. The van der Waals surface area contributed by atoms with Gasteiger partial charge in [-0.05, 0) is 25.0 Å². The smallest absolute Gasteiger partial charge is 0.346 e. The molecule has 132 valence electrons. The van der Waals surface area contributed by atoms with Crippen LogP contribution in [-0.4, -0.2) is 25.3 Å². The van der Waals surface area contributed by atoms with Crippen molar-refractivity contribution in [2.75, 3.05) is 18.5 Å². The molecule has 1 heterocycles. The maximum absolute atomic E-state index is 13.1. The van der Waals surface area contributed by atoms with Crippen LogP contribution in [0.25, 0.3) is 0 Å². The van der Waals surface area contributed by atoms with Crippen molar-refractivity contribution >= 4 is 11.6 Å². The molecule has 24 heavy (non-hydrogen) atoms. The van der Waals surface area contributed by atoms with E-state index in [1.807, 2.05) is 0 Å². The molecule has 1 saturated carbocycles. The van der Waals surface area contributed by atoms with Crippen LogP contribution < -0.4 is 5.32 Å². The number of amides is 1. The van der Waals surface area contributed by atoms with E-state index in [1.165, 1.54) is 0 Å². The Balaban J connectivity index is 1.70. The van der Waals surface area contributed by atoms with Crippen LogP contribution in [0.1, 0.15) is 37.5 Å². The minimum absolute atomic E-state index is 0.0192. The maximum atomic E-state index is 13.1. The molecule has 0 bridgehead atoms. The van der Waals surface area contributed by atoms with Gasteiger partial charge in [0.25, 0.3) is 0 Å². The molecule has 2 aliphatic rings. The molecule has 1 aliphatic heterocycles. The summed E-state index contributed by atoms with van der Waals surface area (Å²) < 4.78 is 50.2. The van der Waals surface area contributed by atoms with E-state index >= 15 is 0 Å². The number of rotatable bonds is 3. The zero-order valence-corrected chi connectivity index (χ0v) is 13.1. The average Bonchev–Trinajstić information content (AvgIpc) is 3.09. The standard InChI is InChI=1S/C17H20F3NO3/c18-17(19,20)14-7-2-1-6-13(14)15(22)21-12-5-3-4-11(10-12)16-23-8-9-24-16/h3-5,10,13-14,16H,1-2,6-9H2,(H,21,22)/t13-,14-/m1/s1. The highest BCUT2D eigenvalue weighted by atomic mass is 19.4. The fraction of sp³-hybridized carbons (Fsp3) is 0.588. The van der Waals surface area contributed by atoms with Crippen LogP contribution in [0.15, 0.2) is 24.3 Å². The third kappa shape index (κ3) is 3.89. The zero-order chi connectivity index (χ0) is 17.2. The highest BCUT2D eigenvalue weighted by Gasteiger charge is 2.48. The lowest BCUT2D eigenvalue weighted by atomic mass is 9.78. The third-order valence-electron chi connectivity index (χ3n) is 4.57. The third-order valence-corrected chi connectivity index (χ3v) is 4.57. The topological polar surface area (TPSA) is 47.6 Å². The van der Waals surface area contributed by atoms with E-state index in [0.29, 0.717) is 31.7 Å². The van der Waals surface area contributed by atoms with Crippen molar-refractivity contribution in [2.45, 2.75) is 38.1 Å². The van der Waals surface area contributed by atoms with Crippen molar-refractivity contribution in [1.29, 1.82) is 0 Å². The van der Waals surface area contributed by atoms with Crippen molar-refractivity contribution in [1.82, 2.24) is 0 Å². The molecule has 0 aromatic heterocycles. The first-order valence-corrected chi connectivity index (χ1v) is 8.16. The highest BCUT2D eigenvalue weighted by molar-refractivity contribution is 5.92. The number of hydrogen-bond donors (Lipinski definition) is 1. The summed E-state index contributed by atoms with van der Waals surface area (Å²) in [7, 11) is 0. The van der Waals surface area contributed by atoms with Crippen molar-refractivity contribution in [3.8, 4) is 0 Å². The van der Waals surface area contributed by atoms with Gasteiger partial charge in [-0.3, -0.25) is 4.79 Å². The number of carbonyl (C=O) groups is 1. The van der Waals surface area contributed by atoms with Crippen LogP contribution in [0, 0.1) is 11.8 Å². The van der Waals surface area contributed by atoms with Gasteiger partial charge in [-0.25, -0.2) is 0 Å². The number of carbonyl (C=O) groups excluding carboxylic acids is 1. The Kier molecular flexibility index (Phi) is 5.10. The molecule has 7 heteroatoms. The zero-order valence-electron chi connectivity index (χ0n) is 13.1. The normalized spacial score (nSPS) is 25.6. The van der Waals surface area contributed by atoms with Crippen molar-refractivity contribution < 1.29 is 27.4 Å². The van der Waals surface area contributed by atoms with E-state index in [4.69, 9.17) is 9.47 Å². The van der Waals surface area contributed by atoms with Gasteiger partial charge in [-0.15, -0.1) is 0 Å². The fourth-order valence-electron chi connectivity index (χ4n) is 3.39. The molecule has 4 nitrogen and oxygen atoms in total. The Hall–Kier alpha value is -1.60. The molecule has 1 aliphatic carbocycles. The molecule has 0 spiro atoms. The van der Waals surface area contributed by atoms with E-state index in [0.717, 1.165) is 5.56 Å². The molecule has 0 unspecified atom stereocenters. The fourth-order valence-corrected chi connectivity index (χ4v) is 3.39. The van der Waals surface area contributed by atoms with Gasteiger partial charge >= 0.3 is 6.18 Å². The molecule has 2 fully saturated rings. The number of hydrogen-bond acceptors (Lipinski definition) is 3. The van der Waals surface area contributed by atoms with E-state index in [9.17, 15) is 18.0 Å². The summed E-state index contributed by atoms with van der Waals surface area (Å²) in [6.45, 7) is 0.993. The van der Waals surface area contributed by atoms with Gasteiger partial charge in [0.05, 0.1) is 19.1 Å². The molecule has 1 aromatic rings. The summed E-state index contributed by atoms with van der Waals surface area (Å²) in [5.41, 5.74) is 1.20. The predicted octanol–water partition coefficient (Wildman–Crippen LogP) is 4.04. The predicted molar refractivity (Wildman–Crippen MR) is 81.2 cm³/mol. The van der Waals surface area contributed by atoms with Crippen LogP contribution in [0.5, 0.6) is 0 Å². The summed E-state index contributed by atoms with van der Waals surface area (Å²) in [6.07, 6.45) is -3.38. The van der Waals surface area contributed by atoms with Gasteiger partial charge in [-0.1, -0.05) is 25.0 Å². The van der Waals surface area contributed by atoms with Crippen LogP contribution in [0.4, 0.5) is 18.9 Å². The summed E-state index contributed by atoms with van der Waals surface area (Å²) >= 11 is 0. The highest BCUT2D eigenvalue weighted by Crippen LogP contribution is 2.42. The van der Waals surface area contributed by atoms with Crippen molar-refractivity contribution in [3.63, 3.8) is 0 Å². The summed E-state index contributed by atoms with van der Waals surface area (Å²) in [6, 6.07) is 6.85. The molecule has 1 aromatic carbocycles. The Morgan fingerprint density at radius 3 is 2.54 bits per heavy atom. The summed E-state index contributed by atoms with van der Waals surface area (Å²) in [4.78, 5) is 12.4. The SMILES string of the molecule is O=C(Nc1cccc(C2OCCO2)c1)[C@@H]1CCCC[C@H]1C(F)(F)F. The molecule has 3 rings (SSSR count). The lowest BCUT2D eigenvalue weighted by molar-refractivity contribution is -0.197. The molecule has 1 N–H and O–H groups in total. The van der Waals surface area contributed by atoms with Gasteiger partial charge in [0, 0.05) is 17.2 Å². The second kappa shape index (κ2) is 7.11. The van der Waals surface area contributed by atoms with Crippen molar-refractivity contribution in [3.05, 3.63) is 29.8 Å². The van der Waals surface area contributed by atoms with Gasteiger partial charge in [0.15, 0.2) is 6.29 Å². The first-order valence-electron chi connectivity index (χ1n) is 8.16. The first-order chi connectivity index (χ1) is 11.4. The summed E-state index contributed by atoms with van der Waals surface area (Å²) in [5, 5.41) is 2.63. The van der Waals surface area contributed by atoms with Crippen LogP contribution >= 0.6 is 0 Å². The number of nitrogens with one attached hydrogen (secondary N) is 1. The van der Waals surface area contributed by atoms with Gasteiger partial charge in [0.1, 0.15) is 0 Å². The van der Waals surface area contributed by atoms with E-state index < -0.39 is 30.2 Å². The largest absolute Gasteiger partial charge is 0.392 e. The molecule has 2 atom stereocenters. The second-order valence-electron chi connectivity index (χ2n) is 6.23. The number of anilines is 1. The average molecular weight is 343 g/mol. The molecular formula is C17H20F3NO3. The first kappa shape index (κ1) is 17.2. The summed E-state index contributed by atoms with van der Waals surface area (Å²) in [5.74, 6) is -3.15. The maximum Gasteiger partial charge on any atom is 0.392 e. The number of halogens is 3. The minimum atomic E-state index is -4.34. The van der Waals surface area contributed by atoms with Gasteiger partial charge < -0.3 is 14.8 Å². The number of alkyl halides is 3. The van der Waals surface area contributed by atoms with Crippen LogP contribution in [0.3, 0.4) is 0 Å². The molecule has 1 saturated heterocycles. The number of ether oxygens (including phenoxy) is 2. The molecule has 1 amide bonds.